The number of carbonyl (C=O) groups excluding carboxylic acids is 1. The minimum absolute atomic E-state index is 0.0781. The number of hydrogen-bond acceptors (Lipinski definition) is 3. The number of nitrogens with one attached hydrogen (secondary N) is 1. The summed E-state index contributed by atoms with van der Waals surface area (Å²) in [6, 6.07) is 17.1. The van der Waals surface area contributed by atoms with Gasteiger partial charge in [0, 0.05) is 18.3 Å². The number of amides is 1. The Kier molecular flexibility index (Phi) is 5.45. The van der Waals surface area contributed by atoms with Gasteiger partial charge in [-0.3, -0.25) is 9.59 Å². The van der Waals surface area contributed by atoms with Crippen molar-refractivity contribution >= 4 is 5.91 Å². The van der Waals surface area contributed by atoms with Crippen LogP contribution in [0.25, 0.3) is 5.69 Å². The molecule has 1 heterocycles. The van der Waals surface area contributed by atoms with Gasteiger partial charge in [0.1, 0.15) is 11.5 Å². The summed E-state index contributed by atoms with van der Waals surface area (Å²) >= 11 is 0. The maximum absolute atomic E-state index is 14.1. The van der Waals surface area contributed by atoms with Gasteiger partial charge < -0.3 is 5.32 Å². The lowest BCUT2D eigenvalue weighted by Gasteiger charge is -2.14. The first-order chi connectivity index (χ1) is 13.0. The fraction of sp³-hybridized carbons (Fsp3) is 0.190. The fourth-order valence-electron chi connectivity index (χ4n) is 2.80. The average molecular weight is 365 g/mol. The number of aromatic nitrogens is 2. The van der Waals surface area contributed by atoms with E-state index in [9.17, 15) is 14.0 Å². The van der Waals surface area contributed by atoms with E-state index in [1.165, 1.54) is 16.8 Å². The summed E-state index contributed by atoms with van der Waals surface area (Å²) in [5, 5.41) is 6.85. The van der Waals surface area contributed by atoms with Gasteiger partial charge in [0.2, 0.25) is 5.43 Å². The molecular weight excluding hydrogens is 345 g/mol. The highest BCUT2D eigenvalue weighted by atomic mass is 19.1. The van der Waals surface area contributed by atoms with Gasteiger partial charge in [0.15, 0.2) is 5.69 Å². The molecule has 0 unspecified atom stereocenters. The number of rotatable bonds is 5. The lowest BCUT2D eigenvalue weighted by Crippen LogP contribution is -2.34. The summed E-state index contributed by atoms with van der Waals surface area (Å²) in [4.78, 5) is 24.7. The third kappa shape index (κ3) is 4.11. The topological polar surface area (TPSA) is 64.0 Å². The van der Waals surface area contributed by atoms with Gasteiger partial charge in [-0.1, -0.05) is 49.4 Å². The number of aryl methyl sites for hydroxylation is 1. The quantitative estimate of drug-likeness (QED) is 0.755. The van der Waals surface area contributed by atoms with Crippen molar-refractivity contribution in [1.29, 1.82) is 0 Å². The second-order valence-electron chi connectivity index (χ2n) is 6.38. The van der Waals surface area contributed by atoms with Crippen LogP contribution in [-0.2, 0) is 0 Å². The average Bonchev–Trinajstić information content (AvgIpc) is 2.67. The van der Waals surface area contributed by atoms with Crippen molar-refractivity contribution in [2.24, 2.45) is 0 Å². The second kappa shape index (κ2) is 7.95. The van der Waals surface area contributed by atoms with Gasteiger partial charge in [-0.2, -0.15) is 5.10 Å². The van der Waals surface area contributed by atoms with Crippen LogP contribution in [0.4, 0.5) is 4.39 Å². The molecule has 5 nitrogen and oxygen atoms in total. The SMILES string of the molecule is Cc1cc(=O)c(C(=O)NC[C@H](C)c2ccccc2)nn1-c1ccccc1F. The zero-order valence-corrected chi connectivity index (χ0v) is 15.1. The van der Waals surface area contributed by atoms with Crippen LogP contribution >= 0.6 is 0 Å². The molecule has 3 aromatic rings. The van der Waals surface area contributed by atoms with Gasteiger partial charge in [-0.05, 0) is 30.5 Å². The van der Waals surface area contributed by atoms with E-state index in [2.05, 4.69) is 10.4 Å². The number of para-hydroxylation sites is 1. The van der Waals surface area contributed by atoms with Crippen LogP contribution in [0.5, 0.6) is 0 Å². The van der Waals surface area contributed by atoms with Gasteiger partial charge >= 0.3 is 0 Å². The molecule has 0 aliphatic heterocycles. The van der Waals surface area contributed by atoms with Crippen LogP contribution in [0.1, 0.15) is 34.6 Å². The van der Waals surface area contributed by atoms with Crippen molar-refractivity contribution in [3.8, 4) is 5.69 Å². The summed E-state index contributed by atoms with van der Waals surface area (Å²) in [6.45, 7) is 3.98. The third-order valence-electron chi connectivity index (χ3n) is 4.34. The molecule has 0 aliphatic rings. The molecule has 0 saturated heterocycles. The Balaban J connectivity index is 1.84. The highest BCUT2D eigenvalue weighted by molar-refractivity contribution is 5.92. The molecule has 2 aromatic carbocycles. The van der Waals surface area contributed by atoms with Crippen LogP contribution in [0.3, 0.4) is 0 Å². The smallest absolute Gasteiger partial charge is 0.275 e. The molecule has 6 heteroatoms. The van der Waals surface area contributed by atoms with E-state index < -0.39 is 17.2 Å². The predicted molar refractivity (Wildman–Crippen MR) is 102 cm³/mol. The normalized spacial score (nSPS) is 11.8. The van der Waals surface area contributed by atoms with E-state index in [1.54, 1.807) is 25.1 Å². The Hall–Kier alpha value is -3.28. The Morgan fingerprint density at radius 2 is 1.81 bits per heavy atom. The van der Waals surface area contributed by atoms with Gasteiger partial charge in [0.25, 0.3) is 5.91 Å². The van der Waals surface area contributed by atoms with Gasteiger partial charge in [-0.15, -0.1) is 0 Å². The highest BCUT2D eigenvalue weighted by Gasteiger charge is 2.17. The molecule has 1 N–H and O–H groups in total. The molecular formula is C21H20FN3O2. The Labute approximate surface area is 156 Å². The molecule has 0 spiro atoms. The lowest BCUT2D eigenvalue weighted by atomic mass is 10.0. The Morgan fingerprint density at radius 3 is 2.52 bits per heavy atom. The molecule has 3 rings (SSSR count). The maximum Gasteiger partial charge on any atom is 0.275 e. The largest absolute Gasteiger partial charge is 0.350 e. The van der Waals surface area contributed by atoms with E-state index >= 15 is 0 Å². The number of benzene rings is 2. The summed E-state index contributed by atoms with van der Waals surface area (Å²) in [6.07, 6.45) is 0. The van der Waals surface area contributed by atoms with Crippen LogP contribution in [-0.4, -0.2) is 22.2 Å². The molecule has 0 aliphatic carbocycles. The van der Waals surface area contributed by atoms with Crippen molar-refractivity contribution in [3.05, 3.63) is 93.7 Å². The van der Waals surface area contributed by atoms with Crippen LogP contribution < -0.4 is 10.7 Å². The van der Waals surface area contributed by atoms with E-state index in [1.807, 2.05) is 37.3 Å². The molecule has 1 atom stereocenters. The van der Waals surface area contributed by atoms with Crippen LogP contribution in [0.2, 0.25) is 0 Å². The molecule has 0 saturated carbocycles. The lowest BCUT2D eigenvalue weighted by molar-refractivity contribution is 0.0943. The van der Waals surface area contributed by atoms with E-state index in [4.69, 9.17) is 0 Å². The van der Waals surface area contributed by atoms with Crippen molar-refractivity contribution < 1.29 is 9.18 Å². The Morgan fingerprint density at radius 1 is 1.15 bits per heavy atom. The Bertz CT molecular complexity index is 1020. The summed E-state index contributed by atoms with van der Waals surface area (Å²) in [5.74, 6) is -0.983. The zero-order valence-electron chi connectivity index (χ0n) is 15.1. The van der Waals surface area contributed by atoms with Crippen molar-refractivity contribution in [2.75, 3.05) is 6.54 Å². The minimum Gasteiger partial charge on any atom is -0.350 e. The van der Waals surface area contributed by atoms with E-state index in [0.717, 1.165) is 5.56 Å². The van der Waals surface area contributed by atoms with Crippen LogP contribution in [0.15, 0.2) is 65.5 Å². The van der Waals surface area contributed by atoms with E-state index in [0.29, 0.717) is 12.2 Å². The third-order valence-corrected chi connectivity index (χ3v) is 4.34. The van der Waals surface area contributed by atoms with E-state index in [-0.39, 0.29) is 17.3 Å². The standard InChI is InChI=1S/C21H20FN3O2/c1-14(16-8-4-3-5-9-16)13-23-21(27)20-19(26)12-15(2)25(24-20)18-11-7-6-10-17(18)22/h3-12,14H,13H2,1-2H3,(H,23,27)/t14-/m0/s1. The maximum atomic E-state index is 14.1. The van der Waals surface area contributed by atoms with Crippen molar-refractivity contribution in [2.45, 2.75) is 19.8 Å². The zero-order chi connectivity index (χ0) is 19.4. The number of nitrogens with zero attached hydrogens (tertiary/aromatic N) is 2. The minimum atomic E-state index is -0.576. The predicted octanol–water partition coefficient (Wildman–Crippen LogP) is 3.21. The molecule has 138 valence electrons. The van der Waals surface area contributed by atoms with Crippen LogP contribution in [0, 0.1) is 12.7 Å². The monoisotopic (exact) mass is 365 g/mol. The molecule has 27 heavy (non-hydrogen) atoms. The summed E-state index contributed by atoms with van der Waals surface area (Å²) in [7, 11) is 0. The van der Waals surface area contributed by atoms with Gasteiger partial charge in [-0.25, -0.2) is 9.07 Å². The first kappa shape index (κ1) is 18.5. The molecule has 1 aromatic heterocycles. The first-order valence-corrected chi connectivity index (χ1v) is 8.66. The number of carbonyl (C=O) groups is 1. The number of hydrogen-bond donors (Lipinski definition) is 1. The molecule has 0 bridgehead atoms. The highest BCUT2D eigenvalue weighted by Crippen LogP contribution is 2.14. The fourth-order valence-corrected chi connectivity index (χ4v) is 2.80. The molecule has 0 radical (unpaired) electrons. The molecule has 0 fully saturated rings. The second-order valence-corrected chi connectivity index (χ2v) is 6.38. The van der Waals surface area contributed by atoms with Crippen molar-refractivity contribution in [3.63, 3.8) is 0 Å². The van der Waals surface area contributed by atoms with Gasteiger partial charge in [0.05, 0.1) is 0 Å². The van der Waals surface area contributed by atoms with Crippen molar-refractivity contribution in [1.82, 2.24) is 15.1 Å². The summed E-state index contributed by atoms with van der Waals surface area (Å²) < 4.78 is 15.4. The number of halogens is 1. The summed E-state index contributed by atoms with van der Waals surface area (Å²) in [5.41, 5.74) is 0.952. The first-order valence-electron chi connectivity index (χ1n) is 8.66. The molecule has 1 amide bonds.